The van der Waals surface area contributed by atoms with Crippen molar-refractivity contribution in [2.45, 2.75) is 30.9 Å². The summed E-state index contributed by atoms with van der Waals surface area (Å²) in [4.78, 5) is 14.0. The van der Waals surface area contributed by atoms with E-state index in [1.54, 1.807) is 0 Å². The van der Waals surface area contributed by atoms with Crippen molar-refractivity contribution in [1.82, 2.24) is 15.5 Å². The number of amides is 1. The summed E-state index contributed by atoms with van der Waals surface area (Å²) in [6, 6.07) is -1.18. The summed E-state index contributed by atoms with van der Waals surface area (Å²) in [6.07, 6.45) is -9.19. The molecule has 2 aliphatic rings. The van der Waals surface area contributed by atoms with Gasteiger partial charge in [0.2, 0.25) is 0 Å². The predicted octanol–water partition coefficient (Wildman–Crippen LogP) is 2.36. The van der Waals surface area contributed by atoms with Gasteiger partial charge in [-0.1, -0.05) is 0 Å². The normalized spacial score (nSPS) is 22.1. The van der Waals surface area contributed by atoms with Gasteiger partial charge in [0.25, 0.3) is 5.91 Å². The van der Waals surface area contributed by atoms with E-state index < -0.39 is 43.3 Å². The van der Waals surface area contributed by atoms with Gasteiger partial charge < -0.3 is 20.1 Å². The molecule has 0 bridgehead atoms. The van der Waals surface area contributed by atoms with Crippen molar-refractivity contribution >= 4 is 22.9 Å². The lowest BCUT2D eigenvalue weighted by atomic mass is 10.1. The van der Waals surface area contributed by atoms with Crippen LogP contribution < -0.4 is 15.0 Å². The molecule has 2 aliphatic heterocycles. The molecule has 0 aliphatic carbocycles. The van der Waals surface area contributed by atoms with Gasteiger partial charge in [-0.3, -0.25) is 9.89 Å². The minimum atomic E-state index is -4.88. The number of aromatic nitrogens is 2. The second-order valence-electron chi connectivity index (χ2n) is 6.51. The average molecular weight is 424 g/mol. The van der Waals surface area contributed by atoms with Gasteiger partial charge >= 0.3 is 12.3 Å². The fourth-order valence-electron chi connectivity index (χ4n) is 3.25. The Labute approximate surface area is 158 Å². The zero-order valence-electron chi connectivity index (χ0n) is 13.9. The Hall–Kier alpha value is -2.41. The molecule has 2 atom stereocenters. The van der Waals surface area contributed by atoms with Crippen LogP contribution in [0.1, 0.15) is 16.1 Å². The molecule has 0 unspecified atom stereocenters. The molecule has 2 aromatic rings. The van der Waals surface area contributed by atoms with Crippen LogP contribution in [0.5, 0.6) is 5.75 Å². The van der Waals surface area contributed by atoms with Crippen molar-refractivity contribution in [3.05, 3.63) is 17.3 Å². The number of rotatable bonds is 3. The number of hydrogen-bond donors (Lipinski definition) is 3. The molecule has 0 saturated heterocycles. The lowest BCUT2D eigenvalue weighted by Crippen LogP contribution is -2.50. The van der Waals surface area contributed by atoms with Gasteiger partial charge in [-0.25, -0.2) is 0 Å². The number of halogens is 5. The first kappa shape index (κ1) is 18.9. The lowest BCUT2D eigenvalue weighted by molar-refractivity contribution is -0.206. The maximum absolute atomic E-state index is 14.2. The highest BCUT2D eigenvalue weighted by Crippen LogP contribution is 2.53. The lowest BCUT2D eigenvalue weighted by Gasteiger charge is -2.35. The molecule has 3 N–H and O–H groups in total. The van der Waals surface area contributed by atoms with Crippen LogP contribution >= 0.6 is 11.3 Å². The third-order valence-corrected chi connectivity index (χ3v) is 5.62. The number of alkyl halides is 5. The molecule has 2 aromatic heterocycles. The number of carbonyl (C=O) groups is 1. The van der Waals surface area contributed by atoms with Crippen LogP contribution in [0.15, 0.2) is 12.4 Å². The van der Waals surface area contributed by atoms with E-state index in [1.807, 2.05) is 0 Å². The molecule has 4 rings (SSSR count). The molecular weight excluding hydrogens is 411 g/mol. The minimum Gasteiger partial charge on any atom is -0.427 e. The van der Waals surface area contributed by atoms with Crippen molar-refractivity contribution in [1.29, 1.82) is 0 Å². The number of aliphatic hydroxyl groups excluding tert-OH is 1. The molecule has 0 spiro atoms. The summed E-state index contributed by atoms with van der Waals surface area (Å²) in [7, 11) is 0. The maximum Gasteiger partial charge on any atom is 0.416 e. The largest absolute Gasteiger partial charge is 0.427 e. The fourth-order valence-corrected chi connectivity index (χ4v) is 4.38. The number of aliphatic hydroxyl groups is 1. The number of H-pyrrole nitrogens is 1. The third kappa shape index (κ3) is 3.28. The van der Waals surface area contributed by atoms with Crippen molar-refractivity contribution in [2.75, 3.05) is 18.0 Å². The van der Waals surface area contributed by atoms with Gasteiger partial charge in [0, 0.05) is 30.8 Å². The Kier molecular flexibility index (Phi) is 4.26. The van der Waals surface area contributed by atoms with E-state index in [-0.39, 0.29) is 27.7 Å². The Balaban J connectivity index is 1.73. The summed E-state index contributed by atoms with van der Waals surface area (Å²) < 4.78 is 71.2. The van der Waals surface area contributed by atoms with Crippen molar-refractivity contribution < 1.29 is 36.6 Å². The Morgan fingerprint density at radius 3 is 2.82 bits per heavy atom. The van der Waals surface area contributed by atoms with Gasteiger partial charge in [0.1, 0.15) is 17.1 Å². The Morgan fingerprint density at radius 2 is 2.18 bits per heavy atom. The summed E-state index contributed by atoms with van der Waals surface area (Å²) in [5.74, 6) is -0.934. The SMILES string of the molecule is O=C1N[C@H](C[C@H](O)C(F)(F)F)CN2CC(F)(F)Oc3c(-c4cn[nH]c4)sc1c32. The van der Waals surface area contributed by atoms with Crippen LogP contribution in [0.25, 0.3) is 10.4 Å². The van der Waals surface area contributed by atoms with Gasteiger partial charge in [-0.15, -0.1) is 11.3 Å². The number of hydrogen-bond acceptors (Lipinski definition) is 6. The van der Waals surface area contributed by atoms with E-state index in [0.717, 1.165) is 16.2 Å². The number of ether oxygens (including phenoxy) is 1. The van der Waals surface area contributed by atoms with E-state index >= 15 is 0 Å². The molecular formula is C15H13F5N4O3S. The number of carbonyl (C=O) groups excluding carboxylic acids is 1. The van der Waals surface area contributed by atoms with Crippen LogP contribution in [0.4, 0.5) is 27.6 Å². The van der Waals surface area contributed by atoms with Gasteiger partial charge in [-0.05, 0) is 0 Å². The molecule has 7 nitrogen and oxygen atoms in total. The monoisotopic (exact) mass is 424 g/mol. The molecule has 0 saturated carbocycles. The number of nitrogens with zero attached hydrogens (tertiary/aromatic N) is 2. The van der Waals surface area contributed by atoms with Gasteiger partial charge in [0.05, 0.1) is 11.1 Å². The van der Waals surface area contributed by atoms with Gasteiger partial charge in [0.15, 0.2) is 11.9 Å². The Morgan fingerprint density at radius 1 is 1.43 bits per heavy atom. The van der Waals surface area contributed by atoms with Gasteiger partial charge in [-0.2, -0.15) is 27.1 Å². The fraction of sp³-hybridized carbons (Fsp3) is 0.467. The van der Waals surface area contributed by atoms with Crippen LogP contribution in [-0.4, -0.2) is 58.7 Å². The first-order valence-corrected chi connectivity index (χ1v) is 8.90. The van der Waals surface area contributed by atoms with Crippen LogP contribution in [-0.2, 0) is 0 Å². The highest BCUT2D eigenvalue weighted by molar-refractivity contribution is 7.18. The summed E-state index contributed by atoms with van der Waals surface area (Å²) >= 11 is 0.880. The van der Waals surface area contributed by atoms with Crippen LogP contribution in [0.3, 0.4) is 0 Å². The number of anilines is 1. The summed E-state index contributed by atoms with van der Waals surface area (Å²) in [5.41, 5.74) is 0.538. The number of aromatic amines is 1. The molecule has 1 amide bonds. The molecule has 4 heterocycles. The second kappa shape index (κ2) is 6.30. The van der Waals surface area contributed by atoms with Crippen molar-refractivity contribution in [3.8, 4) is 16.2 Å². The van der Waals surface area contributed by atoms with E-state index in [1.165, 1.54) is 12.4 Å². The summed E-state index contributed by atoms with van der Waals surface area (Å²) in [6.45, 7) is -1.26. The molecule has 13 heteroatoms. The predicted molar refractivity (Wildman–Crippen MR) is 87.6 cm³/mol. The Bertz CT molecular complexity index is 898. The topological polar surface area (TPSA) is 90.5 Å². The van der Waals surface area contributed by atoms with Crippen molar-refractivity contribution in [2.24, 2.45) is 0 Å². The minimum absolute atomic E-state index is 0.0469. The van der Waals surface area contributed by atoms with Crippen LogP contribution in [0.2, 0.25) is 0 Å². The molecule has 152 valence electrons. The quantitative estimate of drug-likeness (QED) is 0.659. The first-order chi connectivity index (χ1) is 13.0. The molecule has 0 radical (unpaired) electrons. The molecule has 0 aromatic carbocycles. The third-order valence-electron chi connectivity index (χ3n) is 4.41. The van der Waals surface area contributed by atoms with E-state index in [2.05, 4.69) is 15.5 Å². The first-order valence-electron chi connectivity index (χ1n) is 8.08. The smallest absolute Gasteiger partial charge is 0.416 e. The zero-order chi connectivity index (χ0) is 20.3. The zero-order valence-corrected chi connectivity index (χ0v) is 14.7. The van der Waals surface area contributed by atoms with E-state index in [9.17, 15) is 31.9 Å². The highest BCUT2D eigenvalue weighted by atomic mass is 32.1. The molecule has 28 heavy (non-hydrogen) atoms. The average Bonchev–Trinajstić information content (AvgIpc) is 3.17. The highest BCUT2D eigenvalue weighted by Gasteiger charge is 2.48. The second-order valence-corrected chi connectivity index (χ2v) is 7.53. The van der Waals surface area contributed by atoms with E-state index in [4.69, 9.17) is 4.74 Å². The van der Waals surface area contributed by atoms with Crippen molar-refractivity contribution in [3.63, 3.8) is 0 Å². The maximum atomic E-state index is 14.2. The number of thiophene rings is 1. The van der Waals surface area contributed by atoms with E-state index in [0.29, 0.717) is 5.56 Å². The van der Waals surface area contributed by atoms with Crippen LogP contribution in [0, 0.1) is 0 Å². The summed E-state index contributed by atoms with van der Waals surface area (Å²) in [5, 5.41) is 18.0. The standard InChI is InChI=1S/C15H13F5N4O3S/c16-14(17)5-24-4-7(1-8(25)15(18,19)20)23-13(26)12-9(24)10(27-14)11(28-12)6-2-21-22-3-6/h2-3,7-8,25H,1,4-5H2,(H,21,22)(H,23,26)/t7-,8+/m1/s1. The molecule has 0 fully saturated rings. The number of nitrogens with one attached hydrogen (secondary N) is 2.